The van der Waals surface area contributed by atoms with E-state index in [9.17, 15) is 0 Å². The van der Waals surface area contributed by atoms with Crippen molar-refractivity contribution in [2.75, 3.05) is 0 Å². The summed E-state index contributed by atoms with van der Waals surface area (Å²) >= 11 is 0. The molecule has 1 atom stereocenters. The van der Waals surface area contributed by atoms with Crippen molar-refractivity contribution in [1.82, 2.24) is 20.2 Å². The molecule has 18 heavy (non-hydrogen) atoms. The minimum Gasteiger partial charge on any atom is -0.273 e. The topological polar surface area (TPSA) is 68.8 Å². The zero-order chi connectivity index (χ0) is 13.1. The summed E-state index contributed by atoms with van der Waals surface area (Å²) in [5.41, 5.74) is 7.00. The van der Waals surface area contributed by atoms with E-state index in [0.717, 1.165) is 29.1 Å². The lowest BCUT2D eigenvalue weighted by Gasteiger charge is -2.15. The Hall–Kier alpha value is -1.72. The highest BCUT2D eigenvalue weighted by Gasteiger charge is 2.15. The van der Waals surface area contributed by atoms with E-state index in [1.807, 2.05) is 43.1 Å². The molecule has 0 saturated carbocycles. The van der Waals surface area contributed by atoms with Gasteiger partial charge in [0.2, 0.25) is 0 Å². The number of aromatic nitrogens is 3. The van der Waals surface area contributed by atoms with Crippen molar-refractivity contribution >= 4 is 0 Å². The smallest absolute Gasteiger partial charge is 0.0742 e. The zero-order valence-electron chi connectivity index (χ0n) is 11.0. The molecular weight excluding hydrogens is 226 g/mol. The summed E-state index contributed by atoms with van der Waals surface area (Å²) in [5, 5.41) is 4.28. The second-order valence-electron chi connectivity index (χ2n) is 4.41. The molecule has 2 heterocycles. The highest BCUT2D eigenvalue weighted by atomic mass is 15.3. The van der Waals surface area contributed by atoms with Gasteiger partial charge in [-0.25, -0.2) is 5.43 Å². The van der Waals surface area contributed by atoms with Crippen molar-refractivity contribution < 1.29 is 0 Å². The summed E-state index contributed by atoms with van der Waals surface area (Å²) in [4.78, 5) is 4.38. The van der Waals surface area contributed by atoms with Gasteiger partial charge in [-0.1, -0.05) is 0 Å². The van der Waals surface area contributed by atoms with Gasteiger partial charge in [0.25, 0.3) is 0 Å². The van der Waals surface area contributed by atoms with Gasteiger partial charge in [0.1, 0.15) is 0 Å². The first-order chi connectivity index (χ1) is 8.63. The third kappa shape index (κ3) is 2.57. The van der Waals surface area contributed by atoms with E-state index in [0.29, 0.717) is 0 Å². The molecule has 0 aliphatic rings. The van der Waals surface area contributed by atoms with Crippen LogP contribution in [0, 0.1) is 13.8 Å². The summed E-state index contributed by atoms with van der Waals surface area (Å²) in [5.74, 6) is 5.68. The van der Waals surface area contributed by atoms with Crippen LogP contribution >= 0.6 is 0 Å². The Labute approximate surface area is 107 Å². The van der Waals surface area contributed by atoms with E-state index in [-0.39, 0.29) is 6.04 Å². The number of hydrazine groups is 1. The second-order valence-corrected chi connectivity index (χ2v) is 4.41. The zero-order valence-corrected chi connectivity index (χ0v) is 11.0. The van der Waals surface area contributed by atoms with Gasteiger partial charge in [0.15, 0.2) is 0 Å². The molecule has 5 nitrogen and oxygen atoms in total. The lowest BCUT2D eigenvalue weighted by molar-refractivity contribution is 0.628. The van der Waals surface area contributed by atoms with E-state index in [4.69, 9.17) is 5.84 Å². The molecule has 0 bridgehead atoms. The number of hydrogen-bond donors (Lipinski definition) is 2. The largest absolute Gasteiger partial charge is 0.273 e. The average Bonchev–Trinajstić information content (AvgIpc) is 2.77. The predicted octanol–water partition coefficient (Wildman–Crippen LogP) is 1.47. The summed E-state index contributed by atoms with van der Waals surface area (Å²) in [7, 11) is 0. The summed E-state index contributed by atoms with van der Waals surface area (Å²) in [6.45, 7) is 6.88. The third-order valence-corrected chi connectivity index (χ3v) is 2.91. The Bertz CT molecular complexity index is 512. The van der Waals surface area contributed by atoms with Gasteiger partial charge in [-0.3, -0.25) is 15.5 Å². The quantitative estimate of drug-likeness (QED) is 0.632. The highest BCUT2D eigenvalue weighted by molar-refractivity contribution is 5.31. The fourth-order valence-electron chi connectivity index (χ4n) is 2.12. The molecule has 2 aromatic heterocycles. The van der Waals surface area contributed by atoms with E-state index >= 15 is 0 Å². The molecule has 0 aromatic carbocycles. The Morgan fingerprint density at radius 1 is 1.28 bits per heavy atom. The van der Waals surface area contributed by atoms with Crippen LogP contribution in [-0.2, 0) is 6.54 Å². The van der Waals surface area contributed by atoms with Crippen LogP contribution in [0.4, 0.5) is 0 Å². The molecule has 1 unspecified atom stereocenters. The van der Waals surface area contributed by atoms with Crippen LogP contribution in [0.15, 0.2) is 24.5 Å². The molecule has 0 aliphatic carbocycles. The summed E-state index contributed by atoms with van der Waals surface area (Å²) in [6, 6.07) is 4.03. The minimum atomic E-state index is -0.0503. The first-order valence-electron chi connectivity index (χ1n) is 6.07. The minimum absolute atomic E-state index is 0.0503. The molecule has 0 amide bonds. The van der Waals surface area contributed by atoms with Gasteiger partial charge in [-0.2, -0.15) is 5.10 Å². The molecule has 5 heteroatoms. The van der Waals surface area contributed by atoms with Crippen LogP contribution in [0.1, 0.15) is 35.5 Å². The maximum Gasteiger partial charge on any atom is 0.0742 e. The third-order valence-electron chi connectivity index (χ3n) is 2.91. The number of nitrogens with zero attached hydrogens (tertiary/aromatic N) is 3. The number of pyridine rings is 1. The van der Waals surface area contributed by atoms with Gasteiger partial charge in [0, 0.05) is 29.7 Å². The molecular formula is C13H19N5. The van der Waals surface area contributed by atoms with E-state index in [2.05, 4.69) is 22.4 Å². The van der Waals surface area contributed by atoms with Crippen LogP contribution in [0.5, 0.6) is 0 Å². The standard InChI is InChI=1S/C13H19N5/c1-4-18-8-12(7-15-18)13(17-14)11-5-9(2)16-10(3)6-11/h5-8,13,17H,4,14H2,1-3H3. The number of hydrogen-bond acceptors (Lipinski definition) is 4. The molecule has 0 fully saturated rings. The van der Waals surface area contributed by atoms with Gasteiger partial charge in [-0.05, 0) is 38.5 Å². The van der Waals surface area contributed by atoms with Gasteiger partial charge in [0.05, 0.1) is 12.2 Å². The van der Waals surface area contributed by atoms with Crippen LogP contribution in [-0.4, -0.2) is 14.8 Å². The SMILES string of the molecule is CCn1cc(C(NN)c2cc(C)nc(C)c2)cn1. The highest BCUT2D eigenvalue weighted by Crippen LogP contribution is 2.21. The van der Waals surface area contributed by atoms with Gasteiger partial charge in [-0.15, -0.1) is 0 Å². The maximum atomic E-state index is 5.68. The Kier molecular flexibility index (Phi) is 3.74. The lowest BCUT2D eigenvalue weighted by Crippen LogP contribution is -2.28. The monoisotopic (exact) mass is 245 g/mol. The van der Waals surface area contributed by atoms with Crippen LogP contribution in [0.25, 0.3) is 0 Å². The van der Waals surface area contributed by atoms with Crippen molar-refractivity contribution in [3.05, 3.63) is 47.0 Å². The van der Waals surface area contributed by atoms with Crippen LogP contribution in [0.3, 0.4) is 0 Å². The molecule has 0 aliphatic heterocycles. The number of nitrogens with two attached hydrogens (primary N) is 1. The van der Waals surface area contributed by atoms with E-state index in [1.165, 1.54) is 0 Å². The fourth-order valence-corrected chi connectivity index (χ4v) is 2.12. The molecule has 2 rings (SSSR count). The molecule has 2 aromatic rings. The van der Waals surface area contributed by atoms with Crippen LogP contribution in [0.2, 0.25) is 0 Å². The van der Waals surface area contributed by atoms with Crippen molar-refractivity contribution in [1.29, 1.82) is 0 Å². The van der Waals surface area contributed by atoms with Gasteiger partial charge >= 0.3 is 0 Å². The van der Waals surface area contributed by atoms with Crippen molar-refractivity contribution in [2.45, 2.75) is 33.4 Å². The molecule has 96 valence electrons. The van der Waals surface area contributed by atoms with Crippen LogP contribution < -0.4 is 11.3 Å². The number of rotatable bonds is 4. The Morgan fingerprint density at radius 3 is 2.44 bits per heavy atom. The maximum absolute atomic E-state index is 5.68. The summed E-state index contributed by atoms with van der Waals surface area (Å²) < 4.78 is 1.89. The van der Waals surface area contributed by atoms with E-state index in [1.54, 1.807) is 0 Å². The molecule has 0 spiro atoms. The molecule has 0 saturated heterocycles. The van der Waals surface area contributed by atoms with Crippen molar-refractivity contribution in [3.63, 3.8) is 0 Å². The average molecular weight is 245 g/mol. The Balaban J connectivity index is 2.38. The molecule has 3 N–H and O–H groups in total. The normalized spacial score (nSPS) is 12.7. The lowest BCUT2D eigenvalue weighted by atomic mass is 10.0. The van der Waals surface area contributed by atoms with E-state index < -0.39 is 0 Å². The fraction of sp³-hybridized carbons (Fsp3) is 0.385. The van der Waals surface area contributed by atoms with Crippen molar-refractivity contribution in [2.24, 2.45) is 5.84 Å². The number of nitrogens with one attached hydrogen (secondary N) is 1. The second kappa shape index (κ2) is 5.29. The first kappa shape index (κ1) is 12.7. The number of aryl methyl sites for hydroxylation is 3. The predicted molar refractivity (Wildman–Crippen MR) is 70.8 cm³/mol. The molecule has 0 radical (unpaired) electrons. The summed E-state index contributed by atoms with van der Waals surface area (Å²) in [6.07, 6.45) is 3.86. The van der Waals surface area contributed by atoms with Crippen molar-refractivity contribution in [3.8, 4) is 0 Å². The van der Waals surface area contributed by atoms with Gasteiger partial charge < -0.3 is 0 Å². The first-order valence-corrected chi connectivity index (χ1v) is 6.07. The Morgan fingerprint density at radius 2 is 1.94 bits per heavy atom.